The van der Waals surface area contributed by atoms with Crippen LogP contribution >= 0.6 is 0 Å². The standard InChI is InChI=1S/C4H8O3.K/c1-3(5)2-4(6)7;/h3,5H,2H2,1H3,(H,6,7);/q;+1/p-1/t3-;/m1./s1. The second-order valence-corrected chi connectivity index (χ2v) is 1.43. The molecule has 1 atom stereocenters. The Morgan fingerprint density at radius 3 is 2.25 bits per heavy atom. The van der Waals surface area contributed by atoms with Crippen molar-refractivity contribution in [3.8, 4) is 0 Å². The Hall–Kier alpha value is 1.07. The van der Waals surface area contributed by atoms with Gasteiger partial charge in [0.1, 0.15) is 0 Å². The molecule has 0 aromatic carbocycles. The summed E-state index contributed by atoms with van der Waals surface area (Å²) >= 11 is 0. The Kier molecular flexibility index (Phi) is 9.14. The molecule has 0 radical (unpaired) electrons. The first-order valence-corrected chi connectivity index (χ1v) is 2.01. The van der Waals surface area contributed by atoms with E-state index >= 15 is 0 Å². The summed E-state index contributed by atoms with van der Waals surface area (Å²) in [6, 6.07) is 0. The van der Waals surface area contributed by atoms with Crippen LogP contribution in [0.1, 0.15) is 13.3 Å². The second kappa shape index (κ2) is 6.19. The average Bonchev–Trinajstić information content (AvgIpc) is 1.27. The van der Waals surface area contributed by atoms with Crippen LogP contribution < -0.4 is 56.5 Å². The molecule has 0 fully saturated rings. The molecule has 0 unspecified atom stereocenters. The zero-order valence-electron chi connectivity index (χ0n) is 5.05. The van der Waals surface area contributed by atoms with E-state index in [0.717, 1.165) is 0 Å². The molecule has 42 valence electrons. The summed E-state index contributed by atoms with van der Waals surface area (Å²) in [6.45, 7) is 1.40. The molecule has 0 aliphatic carbocycles. The first-order chi connectivity index (χ1) is 3.13. The molecule has 0 spiro atoms. The van der Waals surface area contributed by atoms with E-state index in [9.17, 15) is 9.90 Å². The van der Waals surface area contributed by atoms with Gasteiger partial charge in [0.2, 0.25) is 0 Å². The summed E-state index contributed by atoms with van der Waals surface area (Å²) in [5.41, 5.74) is 0. The monoisotopic (exact) mass is 142 g/mol. The van der Waals surface area contributed by atoms with Crippen LogP contribution in [0.25, 0.3) is 0 Å². The van der Waals surface area contributed by atoms with Crippen LogP contribution in [0, 0.1) is 0 Å². The number of aliphatic carboxylic acids is 1. The van der Waals surface area contributed by atoms with E-state index in [-0.39, 0.29) is 57.8 Å². The van der Waals surface area contributed by atoms with E-state index in [0.29, 0.717) is 0 Å². The number of rotatable bonds is 2. The first kappa shape index (κ1) is 11.8. The van der Waals surface area contributed by atoms with Gasteiger partial charge in [-0.1, -0.05) is 0 Å². The summed E-state index contributed by atoms with van der Waals surface area (Å²) in [7, 11) is 0. The van der Waals surface area contributed by atoms with Gasteiger partial charge in [-0.3, -0.25) is 0 Å². The van der Waals surface area contributed by atoms with Gasteiger partial charge < -0.3 is 15.0 Å². The van der Waals surface area contributed by atoms with Crippen molar-refractivity contribution in [1.29, 1.82) is 0 Å². The molecule has 8 heavy (non-hydrogen) atoms. The first-order valence-electron chi connectivity index (χ1n) is 2.01. The molecule has 0 bridgehead atoms. The van der Waals surface area contributed by atoms with Gasteiger partial charge in [0.05, 0.1) is 6.10 Å². The summed E-state index contributed by atoms with van der Waals surface area (Å²) in [5.74, 6) is -1.21. The number of hydrogen-bond acceptors (Lipinski definition) is 3. The van der Waals surface area contributed by atoms with Gasteiger partial charge >= 0.3 is 51.4 Å². The van der Waals surface area contributed by atoms with Gasteiger partial charge in [-0.05, 0) is 6.92 Å². The molecule has 0 aliphatic rings. The van der Waals surface area contributed by atoms with Crippen molar-refractivity contribution in [3.05, 3.63) is 0 Å². The Labute approximate surface area is 90.5 Å². The van der Waals surface area contributed by atoms with Gasteiger partial charge in [0.25, 0.3) is 0 Å². The van der Waals surface area contributed by atoms with E-state index in [4.69, 9.17) is 5.11 Å². The van der Waals surface area contributed by atoms with Gasteiger partial charge in [-0.25, -0.2) is 0 Å². The molecule has 0 aromatic heterocycles. The van der Waals surface area contributed by atoms with Gasteiger partial charge in [-0.2, -0.15) is 0 Å². The Balaban J connectivity index is 0. The van der Waals surface area contributed by atoms with Crippen LogP contribution in [0.4, 0.5) is 0 Å². The fourth-order valence-electron chi connectivity index (χ4n) is 0.241. The predicted molar refractivity (Wildman–Crippen MR) is 21.3 cm³/mol. The summed E-state index contributed by atoms with van der Waals surface area (Å²) < 4.78 is 0. The minimum atomic E-state index is -1.21. The second-order valence-electron chi connectivity index (χ2n) is 1.43. The largest absolute Gasteiger partial charge is 1.00 e. The summed E-state index contributed by atoms with van der Waals surface area (Å²) in [4.78, 5) is 9.54. The van der Waals surface area contributed by atoms with Crippen LogP contribution in [-0.2, 0) is 4.79 Å². The van der Waals surface area contributed by atoms with Crippen molar-refractivity contribution >= 4 is 5.97 Å². The van der Waals surface area contributed by atoms with Crippen LogP contribution in [0.3, 0.4) is 0 Å². The molecule has 0 heterocycles. The number of carbonyl (C=O) groups is 1. The van der Waals surface area contributed by atoms with Crippen molar-refractivity contribution in [2.45, 2.75) is 19.4 Å². The van der Waals surface area contributed by atoms with E-state index < -0.39 is 12.1 Å². The fourth-order valence-corrected chi connectivity index (χ4v) is 0.241. The third-order valence-corrected chi connectivity index (χ3v) is 0.462. The molecular weight excluding hydrogens is 135 g/mol. The number of aliphatic hydroxyl groups excluding tert-OH is 1. The zero-order valence-corrected chi connectivity index (χ0v) is 8.17. The van der Waals surface area contributed by atoms with Crippen LogP contribution in [-0.4, -0.2) is 17.2 Å². The molecule has 0 amide bonds. The smallest absolute Gasteiger partial charge is 0.550 e. The Bertz CT molecular complexity index is 71.7. The van der Waals surface area contributed by atoms with E-state index in [1.54, 1.807) is 0 Å². The fraction of sp³-hybridized carbons (Fsp3) is 0.750. The molecule has 4 heteroatoms. The zero-order chi connectivity index (χ0) is 5.86. The molecular formula is C4H7KO3. The molecule has 0 aromatic rings. The van der Waals surface area contributed by atoms with Crippen molar-refractivity contribution in [3.63, 3.8) is 0 Å². The molecule has 0 rings (SSSR count). The predicted octanol–water partition coefficient (Wildman–Crippen LogP) is -4.49. The number of hydrogen-bond donors (Lipinski definition) is 1. The Morgan fingerprint density at radius 2 is 2.25 bits per heavy atom. The van der Waals surface area contributed by atoms with Gasteiger partial charge in [0.15, 0.2) is 0 Å². The number of aliphatic hydroxyl groups is 1. The number of carboxylic acid groups (broad SMARTS) is 1. The minimum Gasteiger partial charge on any atom is -0.550 e. The van der Waals surface area contributed by atoms with Gasteiger partial charge in [0, 0.05) is 12.4 Å². The topological polar surface area (TPSA) is 60.4 Å². The van der Waals surface area contributed by atoms with Crippen LogP contribution in [0.2, 0.25) is 0 Å². The third-order valence-electron chi connectivity index (χ3n) is 0.462. The Morgan fingerprint density at radius 1 is 1.88 bits per heavy atom. The van der Waals surface area contributed by atoms with Crippen molar-refractivity contribution in [2.75, 3.05) is 0 Å². The van der Waals surface area contributed by atoms with E-state index in [1.165, 1.54) is 6.92 Å². The maximum atomic E-state index is 9.54. The van der Waals surface area contributed by atoms with Crippen molar-refractivity contribution in [1.82, 2.24) is 0 Å². The third kappa shape index (κ3) is 10.1. The average molecular weight is 142 g/mol. The molecule has 0 saturated carbocycles. The molecule has 3 nitrogen and oxygen atoms in total. The maximum Gasteiger partial charge on any atom is 1.00 e. The number of carboxylic acids is 1. The normalized spacial score (nSPS) is 11.8. The summed E-state index contributed by atoms with van der Waals surface area (Å²) in [5, 5.41) is 17.8. The van der Waals surface area contributed by atoms with E-state index in [1.807, 2.05) is 0 Å². The maximum absolute atomic E-state index is 9.54. The quantitative estimate of drug-likeness (QED) is 0.395. The summed E-state index contributed by atoms with van der Waals surface area (Å²) in [6.07, 6.45) is -1.06. The molecule has 0 saturated heterocycles. The number of carbonyl (C=O) groups excluding carboxylic acids is 1. The van der Waals surface area contributed by atoms with Crippen LogP contribution in [0.15, 0.2) is 0 Å². The molecule has 0 aliphatic heterocycles. The van der Waals surface area contributed by atoms with Crippen molar-refractivity contribution < 1.29 is 66.4 Å². The SMILES string of the molecule is C[C@@H](O)CC(=O)[O-].[K+]. The van der Waals surface area contributed by atoms with Crippen LogP contribution in [0.5, 0.6) is 0 Å². The minimum absolute atomic E-state index is 0. The van der Waals surface area contributed by atoms with Crippen molar-refractivity contribution in [2.24, 2.45) is 0 Å². The van der Waals surface area contributed by atoms with Gasteiger partial charge in [-0.15, -0.1) is 0 Å². The molecule has 1 N–H and O–H groups in total. The van der Waals surface area contributed by atoms with E-state index in [2.05, 4.69) is 0 Å².